The number of rotatable bonds is 2. The first kappa shape index (κ1) is 16.8. The van der Waals surface area contributed by atoms with Gasteiger partial charge < -0.3 is 9.26 Å². The summed E-state index contributed by atoms with van der Waals surface area (Å²) < 4.78 is 12.5. The molecule has 0 aromatic heterocycles. The molecule has 22 heavy (non-hydrogen) atoms. The molecule has 0 bridgehead atoms. The number of benzene rings is 1. The molecule has 0 saturated carbocycles. The van der Waals surface area contributed by atoms with Crippen LogP contribution in [0.15, 0.2) is 30.3 Å². The molecule has 2 atom stereocenters. The van der Waals surface area contributed by atoms with Crippen LogP contribution in [0.1, 0.15) is 34.6 Å². The van der Waals surface area contributed by atoms with Crippen molar-refractivity contribution in [1.29, 1.82) is 0 Å². The van der Waals surface area contributed by atoms with Crippen LogP contribution in [0.4, 0.5) is 4.79 Å². The van der Waals surface area contributed by atoms with E-state index in [1.807, 2.05) is 44.2 Å². The maximum absolute atomic E-state index is 12.6. The van der Waals surface area contributed by atoms with Crippen molar-refractivity contribution in [1.82, 2.24) is 4.67 Å². The van der Waals surface area contributed by atoms with Crippen molar-refractivity contribution in [3.05, 3.63) is 30.3 Å². The summed E-state index contributed by atoms with van der Waals surface area (Å²) >= 11 is 0. The van der Waals surface area contributed by atoms with Crippen LogP contribution in [0.2, 0.25) is 0 Å². The fraction of sp³-hybridized carbons (Fsp3) is 0.500. The van der Waals surface area contributed by atoms with Gasteiger partial charge in [0.1, 0.15) is 11.6 Å². The summed E-state index contributed by atoms with van der Waals surface area (Å²) in [4.78, 5) is 24.8. The smallest absolute Gasteiger partial charge is 0.417 e. The number of amides is 1. The predicted molar refractivity (Wildman–Crippen MR) is 85.8 cm³/mol. The molecule has 1 amide bonds. The van der Waals surface area contributed by atoms with E-state index in [1.165, 1.54) is 4.67 Å². The van der Waals surface area contributed by atoms with Crippen molar-refractivity contribution in [3.63, 3.8) is 0 Å². The first-order valence-corrected chi connectivity index (χ1v) is 8.51. The normalized spacial score (nSPS) is 21.9. The molecule has 1 fully saturated rings. The second-order valence-corrected chi connectivity index (χ2v) is 8.21. The minimum absolute atomic E-state index is 0.0452. The quantitative estimate of drug-likeness (QED) is 0.782. The zero-order valence-electron chi connectivity index (χ0n) is 13.6. The van der Waals surface area contributed by atoms with Gasteiger partial charge in [0.15, 0.2) is 0 Å². The molecule has 120 valence electrons. The average molecular weight is 323 g/mol. The van der Waals surface area contributed by atoms with Gasteiger partial charge in [-0.3, -0.25) is 0 Å². The monoisotopic (exact) mass is 323 g/mol. The third-order valence-corrected chi connectivity index (χ3v) is 4.96. The number of hydrogen-bond acceptors (Lipinski definition) is 4. The first-order chi connectivity index (χ1) is 10.2. The molecular weight excluding hydrogens is 301 g/mol. The van der Waals surface area contributed by atoms with Gasteiger partial charge in [-0.25, -0.2) is 14.3 Å². The van der Waals surface area contributed by atoms with Crippen LogP contribution in [-0.2, 0) is 14.1 Å². The molecule has 1 aromatic rings. The summed E-state index contributed by atoms with van der Waals surface area (Å²) in [6, 6.07) is 8.72. The second kappa shape index (κ2) is 6.25. The van der Waals surface area contributed by atoms with Crippen LogP contribution >= 0.6 is 8.30 Å². The predicted octanol–water partition coefficient (Wildman–Crippen LogP) is 3.44. The van der Waals surface area contributed by atoms with Crippen LogP contribution in [0.25, 0.3) is 0 Å². The molecule has 0 aliphatic carbocycles. The SMILES string of the molecule is CC(C)[C@H]1C(=O)OP(c2ccccc2)N1C(=O)OC(C)(C)C. The maximum Gasteiger partial charge on any atom is 0.417 e. The molecule has 1 aromatic carbocycles. The molecule has 1 unspecified atom stereocenters. The van der Waals surface area contributed by atoms with Crippen LogP contribution in [0.3, 0.4) is 0 Å². The summed E-state index contributed by atoms with van der Waals surface area (Å²) in [5, 5.41) is 0.819. The Morgan fingerprint density at radius 3 is 2.36 bits per heavy atom. The standard InChI is InChI=1S/C16H22NO4P/c1-11(2)13-14(18)21-22(12-9-7-6-8-10-12)17(13)15(19)20-16(3,4)5/h6-11,13H,1-5H3/t13-,22?/m0/s1. The van der Waals surface area contributed by atoms with Gasteiger partial charge in [-0.1, -0.05) is 32.0 Å². The lowest BCUT2D eigenvalue weighted by atomic mass is 10.1. The molecule has 1 heterocycles. The van der Waals surface area contributed by atoms with E-state index in [0.717, 1.165) is 5.30 Å². The summed E-state index contributed by atoms with van der Waals surface area (Å²) in [5.41, 5.74) is -0.623. The Morgan fingerprint density at radius 1 is 1.27 bits per heavy atom. The highest BCUT2D eigenvalue weighted by Crippen LogP contribution is 2.50. The number of nitrogens with zero attached hydrogens (tertiary/aromatic N) is 1. The molecular formula is C16H22NO4P. The zero-order valence-corrected chi connectivity index (χ0v) is 14.5. The molecule has 1 aliphatic heterocycles. The Hall–Kier alpha value is -1.61. The summed E-state index contributed by atoms with van der Waals surface area (Å²) in [6.45, 7) is 9.21. The minimum Gasteiger partial charge on any atom is -0.443 e. The van der Waals surface area contributed by atoms with Crippen LogP contribution < -0.4 is 5.30 Å². The van der Waals surface area contributed by atoms with Gasteiger partial charge in [-0.05, 0) is 38.8 Å². The van der Waals surface area contributed by atoms with Gasteiger partial charge in [0.2, 0.25) is 8.30 Å². The lowest BCUT2D eigenvalue weighted by Crippen LogP contribution is -2.42. The Bertz CT molecular complexity index is 553. The lowest BCUT2D eigenvalue weighted by molar-refractivity contribution is -0.135. The maximum atomic E-state index is 12.6. The fourth-order valence-corrected chi connectivity index (χ4v) is 4.10. The van der Waals surface area contributed by atoms with Gasteiger partial charge in [-0.2, -0.15) is 0 Å². The van der Waals surface area contributed by atoms with E-state index in [1.54, 1.807) is 20.8 Å². The molecule has 0 N–H and O–H groups in total. The van der Waals surface area contributed by atoms with Crippen molar-refractivity contribution >= 4 is 25.7 Å². The van der Waals surface area contributed by atoms with E-state index in [2.05, 4.69) is 0 Å². The van der Waals surface area contributed by atoms with Crippen LogP contribution in [0.5, 0.6) is 0 Å². The summed E-state index contributed by atoms with van der Waals surface area (Å²) in [6.07, 6.45) is -0.507. The third kappa shape index (κ3) is 3.58. The number of carbonyl (C=O) groups is 2. The average Bonchev–Trinajstić information content (AvgIpc) is 2.75. The van der Waals surface area contributed by atoms with Crippen LogP contribution in [0, 0.1) is 5.92 Å². The van der Waals surface area contributed by atoms with Crippen molar-refractivity contribution < 1.29 is 18.8 Å². The van der Waals surface area contributed by atoms with Crippen molar-refractivity contribution in [3.8, 4) is 0 Å². The Morgan fingerprint density at radius 2 is 1.86 bits per heavy atom. The Labute approximate surface area is 132 Å². The van der Waals surface area contributed by atoms with Crippen LogP contribution in [-0.4, -0.2) is 28.4 Å². The number of carbonyl (C=O) groups excluding carboxylic acids is 2. The van der Waals surface area contributed by atoms with E-state index >= 15 is 0 Å². The highest BCUT2D eigenvalue weighted by Gasteiger charge is 2.49. The highest BCUT2D eigenvalue weighted by atomic mass is 31.2. The van der Waals surface area contributed by atoms with Gasteiger partial charge in [0, 0.05) is 5.30 Å². The molecule has 5 nitrogen and oxygen atoms in total. The largest absolute Gasteiger partial charge is 0.443 e. The minimum atomic E-state index is -1.50. The van der Waals surface area contributed by atoms with E-state index in [4.69, 9.17) is 9.26 Å². The Balaban J connectivity index is 2.36. The molecule has 1 saturated heterocycles. The van der Waals surface area contributed by atoms with E-state index in [9.17, 15) is 9.59 Å². The summed E-state index contributed by atoms with van der Waals surface area (Å²) in [7, 11) is -1.50. The molecule has 0 spiro atoms. The molecule has 6 heteroatoms. The van der Waals surface area contributed by atoms with E-state index in [-0.39, 0.29) is 11.9 Å². The first-order valence-electron chi connectivity index (χ1n) is 7.30. The van der Waals surface area contributed by atoms with Gasteiger partial charge in [0.25, 0.3) is 0 Å². The summed E-state index contributed by atoms with van der Waals surface area (Å²) in [5.74, 6) is -0.410. The zero-order chi connectivity index (χ0) is 16.5. The number of ether oxygens (including phenoxy) is 1. The topological polar surface area (TPSA) is 55.8 Å². The molecule has 0 radical (unpaired) electrons. The third-order valence-electron chi connectivity index (χ3n) is 3.07. The van der Waals surface area contributed by atoms with Gasteiger partial charge in [-0.15, -0.1) is 0 Å². The molecule has 2 rings (SSSR count). The van der Waals surface area contributed by atoms with Crippen molar-refractivity contribution in [2.75, 3.05) is 0 Å². The highest BCUT2D eigenvalue weighted by molar-refractivity contribution is 7.60. The van der Waals surface area contributed by atoms with E-state index in [0.29, 0.717) is 0 Å². The number of hydrogen-bond donors (Lipinski definition) is 0. The molecule has 1 aliphatic rings. The van der Waals surface area contributed by atoms with E-state index < -0.39 is 26.0 Å². The van der Waals surface area contributed by atoms with Crippen molar-refractivity contribution in [2.24, 2.45) is 5.92 Å². The fourth-order valence-electron chi connectivity index (χ4n) is 2.18. The lowest BCUT2D eigenvalue weighted by Gasteiger charge is -2.30. The van der Waals surface area contributed by atoms with Crippen molar-refractivity contribution in [2.45, 2.75) is 46.3 Å². The van der Waals surface area contributed by atoms with Gasteiger partial charge >= 0.3 is 12.1 Å². The Kier molecular flexibility index (Phi) is 4.76. The second-order valence-electron chi connectivity index (χ2n) is 6.53. The van der Waals surface area contributed by atoms with Gasteiger partial charge in [0.05, 0.1) is 0 Å².